The first kappa shape index (κ1) is 24.4. The Labute approximate surface area is 208 Å². The van der Waals surface area contributed by atoms with Gasteiger partial charge in [-0.3, -0.25) is 0 Å². The highest BCUT2D eigenvalue weighted by molar-refractivity contribution is 9.10. The van der Waals surface area contributed by atoms with Crippen molar-refractivity contribution in [3.8, 4) is 0 Å². The zero-order valence-electron chi connectivity index (χ0n) is 19.0. The second kappa shape index (κ2) is 10.7. The van der Waals surface area contributed by atoms with Crippen molar-refractivity contribution in [2.75, 3.05) is 41.8 Å². The molecular weight excluding hydrogens is 520 g/mol. The minimum Gasteiger partial charge on any atom is -0.378 e. The Morgan fingerprint density at radius 2 is 1.76 bits per heavy atom. The summed E-state index contributed by atoms with van der Waals surface area (Å²) >= 11 is 3.46. The molecule has 4 rings (SSSR count). The predicted molar refractivity (Wildman–Crippen MR) is 138 cm³/mol. The highest BCUT2D eigenvalue weighted by Crippen LogP contribution is 2.27. The van der Waals surface area contributed by atoms with E-state index in [9.17, 15) is 8.42 Å². The maximum absolute atomic E-state index is 12.5. The fourth-order valence-electron chi connectivity index (χ4n) is 3.48. The molecule has 0 bridgehead atoms. The molecule has 0 aliphatic carbocycles. The van der Waals surface area contributed by atoms with Crippen LogP contribution in [-0.2, 0) is 14.8 Å². The zero-order valence-corrected chi connectivity index (χ0v) is 21.4. The summed E-state index contributed by atoms with van der Waals surface area (Å²) in [5, 5.41) is 6.38. The van der Waals surface area contributed by atoms with Gasteiger partial charge in [-0.25, -0.2) is 18.1 Å². The highest BCUT2D eigenvalue weighted by Gasteiger charge is 2.16. The molecule has 0 unspecified atom stereocenters. The first-order chi connectivity index (χ1) is 16.3. The quantitative estimate of drug-likeness (QED) is 0.384. The third-order valence-corrected chi connectivity index (χ3v) is 7.28. The molecule has 1 fully saturated rings. The number of aromatic nitrogens is 2. The van der Waals surface area contributed by atoms with Gasteiger partial charge < -0.3 is 20.3 Å². The highest BCUT2D eigenvalue weighted by atomic mass is 79.9. The van der Waals surface area contributed by atoms with E-state index in [1.165, 1.54) is 0 Å². The van der Waals surface area contributed by atoms with Crippen LogP contribution < -0.4 is 20.3 Å². The van der Waals surface area contributed by atoms with Crippen LogP contribution in [0, 0.1) is 0 Å². The molecule has 1 aliphatic rings. The standard InChI is InChI=1S/C23H27BrN6O3S/c1-16(2)29-34(31,32)20-5-3-4-18(14-20)26-22-21(24)15-25-23(28-22)27-17-6-8-19(9-7-17)30-10-12-33-13-11-30/h3-9,14-16,29H,10-13H2,1-2H3,(H2,25,26,27,28). The lowest BCUT2D eigenvalue weighted by molar-refractivity contribution is 0.122. The second-order valence-electron chi connectivity index (χ2n) is 8.09. The average Bonchev–Trinajstić information content (AvgIpc) is 2.82. The molecule has 180 valence electrons. The summed E-state index contributed by atoms with van der Waals surface area (Å²) in [7, 11) is -3.60. The van der Waals surface area contributed by atoms with E-state index in [0.29, 0.717) is 21.9 Å². The number of halogens is 1. The molecule has 9 nitrogen and oxygen atoms in total. The summed E-state index contributed by atoms with van der Waals surface area (Å²) in [6.07, 6.45) is 1.64. The Morgan fingerprint density at radius 3 is 2.47 bits per heavy atom. The molecule has 1 saturated heterocycles. The van der Waals surface area contributed by atoms with Gasteiger partial charge in [0.15, 0.2) is 0 Å². The van der Waals surface area contributed by atoms with E-state index in [0.717, 1.165) is 37.7 Å². The van der Waals surface area contributed by atoms with Gasteiger partial charge in [0, 0.05) is 42.4 Å². The molecule has 34 heavy (non-hydrogen) atoms. The zero-order chi connectivity index (χ0) is 24.1. The molecule has 0 spiro atoms. The van der Waals surface area contributed by atoms with Crippen molar-refractivity contribution in [2.24, 2.45) is 0 Å². The molecule has 11 heteroatoms. The lowest BCUT2D eigenvalue weighted by Crippen LogP contribution is -2.36. The Balaban J connectivity index is 1.48. The third kappa shape index (κ3) is 6.23. The summed E-state index contributed by atoms with van der Waals surface area (Å²) in [6, 6.07) is 14.5. The van der Waals surface area contributed by atoms with Crippen molar-refractivity contribution in [1.82, 2.24) is 14.7 Å². The van der Waals surface area contributed by atoms with Gasteiger partial charge in [0.1, 0.15) is 5.82 Å². The first-order valence-electron chi connectivity index (χ1n) is 10.9. The van der Waals surface area contributed by atoms with E-state index >= 15 is 0 Å². The maximum atomic E-state index is 12.5. The molecule has 2 aromatic carbocycles. The van der Waals surface area contributed by atoms with Crippen LogP contribution in [0.2, 0.25) is 0 Å². The number of anilines is 5. The molecule has 1 aliphatic heterocycles. The van der Waals surface area contributed by atoms with Crippen molar-refractivity contribution in [1.29, 1.82) is 0 Å². The van der Waals surface area contributed by atoms with Crippen molar-refractivity contribution < 1.29 is 13.2 Å². The minimum absolute atomic E-state index is 0.176. The molecule has 1 aromatic heterocycles. The lowest BCUT2D eigenvalue weighted by Gasteiger charge is -2.28. The third-order valence-electron chi connectivity index (χ3n) is 5.04. The Bertz CT molecular complexity index is 1230. The van der Waals surface area contributed by atoms with Crippen LogP contribution in [-0.4, -0.2) is 50.7 Å². The maximum Gasteiger partial charge on any atom is 0.240 e. The van der Waals surface area contributed by atoms with Crippen LogP contribution in [0.4, 0.5) is 28.8 Å². The monoisotopic (exact) mass is 546 g/mol. The van der Waals surface area contributed by atoms with Crippen molar-refractivity contribution in [3.05, 3.63) is 59.2 Å². The van der Waals surface area contributed by atoms with E-state index < -0.39 is 10.0 Å². The predicted octanol–water partition coefficient (Wildman–Crippen LogP) is 4.25. The van der Waals surface area contributed by atoms with Gasteiger partial charge in [-0.1, -0.05) is 6.07 Å². The normalized spacial score (nSPS) is 14.3. The van der Waals surface area contributed by atoms with Crippen molar-refractivity contribution >= 4 is 54.8 Å². The summed E-state index contributed by atoms with van der Waals surface area (Å²) in [5.41, 5.74) is 2.60. The molecule has 3 N–H and O–H groups in total. The minimum atomic E-state index is -3.60. The number of benzene rings is 2. The molecule has 2 heterocycles. The van der Waals surface area contributed by atoms with Gasteiger partial charge in [-0.2, -0.15) is 4.98 Å². The van der Waals surface area contributed by atoms with Gasteiger partial charge in [0.2, 0.25) is 16.0 Å². The number of morpholine rings is 1. The number of nitrogens with one attached hydrogen (secondary N) is 3. The summed E-state index contributed by atoms with van der Waals surface area (Å²) in [6.45, 7) is 6.81. The molecule has 0 saturated carbocycles. The van der Waals surface area contributed by atoms with Crippen molar-refractivity contribution in [3.63, 3.8) is 0 Å². The topological polar surface area (TPSA) is 108 Å². The number of sulfonamides is 1. The van der Waals surface area contributed by atoms with Crippen LogP contribution in [0.3, 0.4) is 0 Å². The fourth-order valence-corrected chi connectivity index (χ4v) is 5.06. The van der Waals surface area contributed by atoms with Crippen LogP contribution in [0.5, 0.6) is 0 Å². The van der Waals surface area contributed by atoms with Crippen LogP contribution in [0.15, 0.2) is 64.1 Å². The summed E-state index contributed by atoms with van der Waals surface area (Å²) in [5.74, 6) is 0.920. The van der Waals surface area contributed by atoms with Gasteiger partial charge >= 0.3 is 0 Å². The SMILES string of the molecule is CC(C)NS(=O)(=O)c1cccc(Nc2nc(Nc3ccc(N4CCOCC4)cc3)ncc2Br)c1. The van der Waals surface area contributed by atoms with E-state index in [-0.39, 0.29) is 10.9 Å². The van der Waals surface area contributed by atoms with Crippen LogP contribution in [0.25, 0.3) is 0 Å². The number of hydrogen-bond acceptors (Lipinski definition) is 8. The van der Waals surface area contributed by atoms with E-state index in [1.807, 2.05) is 12.1 Å². The summed E-state index contributed by atoms with van der Waals surface area (Å²) in [4.78, 5) is 11.3. The van der Waals surface area contributed by atoms with Crippen LogP contribution in [0.1, 0.15) is 13.8 Å². The number of ether oxygens (including phenoxy) is 1. The van der Waals surface area contributed by atoms with Crippen molar-refractivity contribution in [2.45, 2.75) is 24.8 Å². The van der Waals surface area contributed by atoms with E-state index in [4.69, 9.17) is 4.74 Å². The molecule has 0 radical (unpaired) electrons. The van der Waals surface area contributed by atoms with Gasteiger partial charge in [0.25, 0.3) is 0 Å². The number of hydrogen-bond donors (Lipinski definition) is 3. The Kier molecular flexibility index (Phi) is 7.67. The Hall–Kier alpha value is -2.73. The molecular formula is C23H27BrN6O3S. The molecule has 0 amide bonds. The van der Waals surface area contributed by atoms with Gasteiger partial charge in [0.05, 0.1) is 22.6 Å². The summed E-state index contributed by atoms with van der Waals surface area (Å²) < 4.78 is 33.7. The first-order valence-corrected chi connectivity index (χ1v) is 13.2. The van der Waals surface area contributed by atoms with Gasteiger partial charge in [-0.05, 0) is 72.2 Å². The van der Waals surface area contributed by atoms with Gasteiger partial charge in [-0.15, -0.1) is 0 Å². The fraction of sp³-hybridized carbons (Fsp3) is 0.304. The largest absolute Gasteiger partial charge is 0.378 e. The van der Waals surface area contributed by atoms with E-state index in [2.05, 4.69) is 58.3 Å². The average molecular weight is 547 g/mol. The Morgan fingerprint density at radius 1 is 1.03 bits per heavy atom. The molecule has 0 atom stereocenters. The molecule has 3 aromatic rings. The van der Waals surface area contributed by atoms with E-state index in [1.54, 1.807) is 44.3 Å². The smallest absolute Gasteiger partial charge is 0.240 e. The lowest BCUT2D eigenvalue weighted by atomic mass is 10.2. The van der Waals surface area contributed by atoms with Crippen LogP contribution >= 0.6 is 15.9 Å². The number of rotatable bonds is 8. The number of nitrogens with zero attached hydrogens (tertiary/aromatic N) is 3. The second-order valence-corrected chi connectivity index (χ2v) is 10.7.